The number of nitrogens with zero attached hydrogens (tertiary/aromatic N) is 4. The van der Waals surface area contributed by atoms with Crippen LogP contribution in [-0.2, 0) is 13.0 Å². The number of likely N-dealkylation sites (tertiary alicyclic amines) is 1. The Hall–Kier alpha value is -2.17. The van der Waals surface area contributed by atoms with E-state index in [4.69, 9.17) is 0 Å². The van der Waals surface area contributed by atoms with Crippen LogP contribution in [0.4, 0.5) is 0 Å². The van der Waals surface area contributed by atoms with Crippen molar-refractivity contribution < 1.29 is 4.79 Å². The zero-order valence-corrected chi connectivity index (χ0v) is 14.9. The molecule has 1 aliphatic carbocycles. The molecule has 5 nitrogen and oxygen atoms in total. The smallest absolute Gasteiger partial charge is 0.254 e. The average Bonchev–Trinajstić information content (AvgIpc) is 3.12. The highest BCUT2D eigenvalue weighted by atomic mass is 16.2. The van der Waals surface area contributed by atoms with Crippen LogP contribution in [0, 0.1) is 12.8 Å². The van der Waals surface area contributed by atoms with Crippen molar-refractivity contribution in [1.82, 2.24) is 19.7 Å². The SMILES string of the molecule is Cc1cccc(C(=O)N2CCCC2CCc2nncn2CC2CC2)c1. The van der Waals surface area contributed by atoms with E-state index in [0.29, 0.717) is 6.04 Å². The van der Waals surface area contributed by atoms with Crippen LogP contribution in [0.1, 0.15) is 53.8 Å². The highest BCUT2D eigenvalue weighted by molar-refractivity contribution is 5.94. The van der Waals surface area contributed by atoms with Crippen LogP contribution in [0.15, 0.2) is 30.6 Å². The molecule has 1 aliphatic heterocycles. The van der Waals surface area contributed by atoms with Gasteiger partial charge in [0.05, 0.1) is 0 Å². The lowest BCUT2D eigenvalue weighted by Gasteiger charge is -2.25. The van der Waals surface area contributed by atoms with Gasteiger partial charge in [0, 0.05) is 31.1 Å². The van der Waals surface area contributed by atoms with Crippen LogP contribution in [0.5, 0.6) is 0 Å². The molecule has 2 aliphatic rings. The Morgan fingerprint density at radius 3 is 2.96 bits per heavy atom. The second kappa shape index (κ2) is 6.98. The molecule has 1 aromatic heterocycles. The lowest BCUT2D eigenvalue weighted by atomic mass is 10.1. The number of hydrogen-bond acceptors (Lipinski definition) is 3. The van der Waals surface area contributed by atoms with Crippen molar-refractivity contribution in [3.63, 3.8) is 0 Å². The van der Waals surface area contributed by atoms with Gasteiger partial charge in [-0.25, -0.2) is 0 Å². The number of benzene rings is 1. The van der Waals surface area contributed by atoms with E-state index in [1.165, 1.54) is 12.8 Å². The molecular weight excluding hydrogens is 312 g/mol. The van der Waals surface area contributed by atoms with E-state index in [1.807, 2.05) is 37.5 Å². The fourth-order valence-corrected chi connectivity index (χ4v) is 3.85. The second-order valence-electron chi connectivity index (χ2n) is 7.55. The van der Waals surface area contributed by atoms with E-state index >= 15 is 0 Å². The van der Waals surface area contributed by atoms with Crippen molar-refractivity contribution in [3.8, 4) is 0 Å². The first-order valence-electron chi connectivity index (χ1n) is 9.45. The van der Waals surface area contributed by atoms with Gasteiger partial charge in [-0.3, -0.25) is 4.79 Å². The third-order valence-electron chi connectivity index (χ3n) is 5.45. The molecule has 0 spiro atoms. The van der Waals surface area contributed by atoms with Gasteiger partial charge in [0.15, 0.2) is 0 Å². The highest BCUT2D eigenvalue weighted by Gasteiger charge is 2.30. The van der Waals surface area contributed by atoms with E-state index < -0.39 is 0 Å². The summed E-state index contributed by atoms with van der Waals surface area (Å²) in [6.07, 6.45) is 8.58. The molecule has 0 N–H and O–H groups in total. The van der Waals surface area contributed by atoms with Crippen molar-refractivity contribution in [2.75, 3.05) is 6.54 Å². The summed E-state index contributed by atoms with van der Waals surface area (Å²) >= 11 is 0. The fraction of sp³-hybridized carbons (Fsp3) is 0.550. The van der Waals surface area contributed by atoms with Crippen molar-refractivity contribution in [2.45, 2.75) is 58.0 Å². The van der Waals surface area contributed by atoms with Crippen molar-refractivity contribution in [1.29, 1.82) is 0 Å². The molecule has 1 aromatic carbocycles. The average molecular weight is 338 g/mol. The molecule has 4 rings (SSSR count). The molecule has 1 saturated carbocycles. The molecule has 1 saturated heterocycles. The number of carbonyl (C=O) groups excluding carboxylic acids is 1. The molecule has 0 radical (unpaired) electrons. The summed E-state index contributed by atoms with van der Waals surface area (Å²) in [6.45, 7) is 3.95. The maximum absolute atomic E-state index is 12.9. The first-order valence-corrected chi connectivity index (χ1v) is 9.45. The van der Waals surface area contributed by atoms with Gasteiger partial charge in [0.25, 0.3) is 5.91 Å². The van der Waals surface area contributed by atoms with E-state index in [0.717, 1.165) is 61.6 Å². The van der Waals surface area contributed by atoms with E-state index in [-0.39, 0.29) is 5.91 Å². The van der Waals surface area contributed by atoms with Gasteiger partial charge < -0.3 is 9.47 Å². The number of aromatic nitrogens is 3. The van der Waals surface area contributed by atoms with Crippen LogP contribution in [0.2, 0.25) is 0 Å². The fourth-order valence-electron chi connectivity index (χ4n) is 3.85. The molecule has 5 heteroatoms. The molecule has 2 heterocycles. The second-order valence-corrected chi connectivity index (χ2v) is 7.55. The predicted octanol–water partition coefficient (Wildman–Crippen LogP) is 3.23. The molecule has 1 amide bonds. The van der Waals surface area contributed by atoms with Crippen molar-refractivity contribution in [2.24, 2.45) is 5.92 Å². The van der Waals surface area contributed by atoms with E-state index in [9.17, 15) is 4.79 Å². The minimum Gasteiger partial charge on any atom is -0.336 e. The first kappa shape index (κ1) is 16.3. The van der Waals surface area contributed by atoms with Crippen LogP contribution < -0.4 is 0 Å². The Labute approximate surface area is 149 Å². The Bertz CT molecular complexity index is 750. The van der Waals surface area contributed by atoms with E-state index in [1.54, 1.807) is 0 Å². The minimum atomic E-state index is 0.172. The molecule has 0 bridgehead atoms. The maximum Gasteiger partial charge on any atom is 0.254 e. The number of amides is 1. The van der Waals surface area contributed by atoms with Crippen LogP contribution in [-0.4, -0.2) is 38.2 Å². The van der Waals surface area contributed by atoms with Crippen LogP contribution in [0.3, 0.4) is 0 Å². The summed E-state index contributed by atoms with van der Waals surface area (Å²) in [5.41, 5.74) is 1.94. The van der Waals surface area contributed by atoms with E-state index in [2.05, 4.69) is 19.7 Å². The lowest BCUT2D eigenvalue weighted by Crippen LogP contribution is -2.36. The maximum atomic E-state index is 12.9. The summed E-state index contributed by atoms with van der Waals surface area (Å²) in [5.74, 6) is 2.06. The summed E-state index contributed by atoms with van der Waals surface area (Å²) in [5, 5.41) is 8.40. The molecule has 132 valence electrons. The Morgan fingerprint density at radius 2 is 2.16 bits per heavy atom. The van der Waals surface area contributed by atoms with Gasteiger partial charge in [0.1, 0.15) is 12.2 Å². The normalized spacial score (nSPS) is 20.2. The van der Waals surface area contributed by atoms with Gasteiger partial charge in [-0.15, -0.1) is 10.2 Å². The zero-order chi connectivity index (χ0) is 17.2. The van der Waals surface area contributed by atoms with Crippen LogP contribution >= 0.6 is 0 Å². The lowest BCUT2D eigenvalue weighted by molar-refractivity contribution is 0.0730. The Balaban J connectivity index is 1.40. The monoisotopic (exact) mass is 338 g/mol. The molecular formula is C20H26N4O. The molecule has 1 atom stereocenters. The molecule has 2 aromatic rings. The standard InChI is InChI=1S/C20H26N4O/c1-15-4-2-5-17(12-15)20(25)24-11-3-6-18(24)9-10-19-22-21-14-23(19)13-16-7-8-16/h2,4-5,12,14,16,18H,3,6-11,13H2,1H3. The van der Waals surface area contributed by atoms with Crippen LogP contribution in [0.25, 0.3) is 0 Å². The predicted molar refractivity (Wildman–Crippen MR) is 96.3 cm³/mol. The largest absolute Gasteiger partial charge is 0.336 e. The van der Waals surface area contributed by atoms with Gasteiger partial charge in [0.2, 0.25) is 0 Å². The number of carbonyl (C=O) groups is 1. The minimum absolute atomic E-state index is 0.172. The Kier molecular flexibility index (Phi) is 4.55. The Morgan fingerprint density at radius 1 is 1.28 bits per heavy atom. The topological polar surface area (TPSA) is 51.0 Å². The van der Waals surface area contributed by atoms with Gasteiger partial charge in [-0.1, -0.05) is 17.7 Å². The third-order valence-corrected chi connectivity index (χ3v) is 5.45. The summed E-state index contributed by atoms with van der Waals surface area (Å²) in [7, 11) is 0. The number of rotatable bonds is 6. The highest BCUT2D eigenvalue weighted by Crippen LogP contribution is 2.31. The first-order chi connectivity index (χ1) is 12.2. The van der Waals surface area contributed by atoms with Crippen molar-refractivity contribution in [3.05, 3.63) is 47.5 Å². The molecule has 2 fully saturated rings. The van der Waals surface area contributed by atoms with Gasteiger partial charge in [-0.2, -0.15) is 0 Å². The molecule has 1 unspecified atom stereocenters. The number of aryl methyl sites for hydroxylation is 2. The molecule has 25 heavy (non-hydrogen) atoms. The van der Waals surface area contributed by atoms with Gasteiger partial charge in [-0.05, 0) is 57.1 Å². The van der Waals surface area contributed by atoms with Gasteiger partial charge >= 0.3 is 0 Å². The third kappa shape index (κ3) is 3.75. The quantitative estimate of drug-likeness (QED) is 0.812. The van der Waals surface area contributed by atoms with Crippen molar-refractivity contribution >= 4 is 5.91 Å². The summed E-state index contributed by atoms with van der Waals surface area (Å²) in [4.78, 5) is 15.0. The zero-order valence-electron chi connectivity index (χ0n) is 14.9. The number of hydrogen-bond donors (Lipinski definition) is 0. The summed E-state index contributed by atoms with van der Waals surface area (Å²) in [6, 6.07) is 8.24. The summed E-state index contributed by atoms with van der Waals surface area (Å²) < 4.78 is 2.21.